The van der Waals surface area contributed by atoms with E-state index in [9.17, 15) is 5.11 Å². The number of hydrogen-bond donors (Lipinski definition) is 2. The second-order valence-corrected chi connectivity index (χ2v) is 5.64. The van der Waals surface area contributed by atoms with Crippen molar-refractivity contribution in [1.82, 2.24) is 10.2 Å². The van der Waals surface area contributed by atoms with Crippen LogP contribution < -0.4 is 5.32 Å². The third-order valence-electron chi connectivity index (χ3n) is 3.57. The van der Waals surface area contributed by atoms with Crippen LogP contribution in [-0.2, 0) is 6.54 Å². The Morgan fingerprint density at radius 3 is 2.68 bits per heavy atom. The first-order chi connectivity index (χ1) is 9.25. The molecule has 0 saturated carbocycles. The van der Waals surface area contributed by atoms with Crippen LogP contribution in [0.1, 0.15) is 24.8 Å². The minimum absolute atomic E-state index is 0.305. The second-order valence-electron chi connectivity index (χ2n) is 5.24. The first-order valence-electron chi connectivity index (χ1n) is 7.10. The van der Waals surface area contributed by atoms with Gasteiger partial charge in [-0.1, -0.05) is 36.2 Å². The van der Waals surface area contributed by atoms with Crippen LogP contribution in [0, 0.1) is 0 Å². The molecule has 4 heteroatoms. The highest BCUT2D eigenvalue weighted by molar-refractivity contribution is 6.31. The summed E-state index contributed by atoms with van der Waals surface area (Å²) in [4.78, 5) is 2.35. The molecule has 1 fully saturated rings. The highest BCUT2D eigenvalue weighted by Crippen LogP contribution is 2.14. The number of nitrogens with one attached hydrogen (secondary N) is 1. The van der Waals surface area contributed by atoms with E-state index in [2.05, 4.69) is 10.2 Å². The molecule has 1 aliphatic heterocycles. The standard InChI is InChI=1S/C15H23ClN2O/c16-15-7-3-2-6-13(15)10-17-11-14(19)12-18-8-4-1-5-9-18/h2-3,6-7,14,17,19H,1,4-5,8-12H2/t14-/m0/s1. The zero-order chi connectivity index (χ0) is 13.5. The van der Waals surface area contributed by atoms with E-state index >= 15 is 0 Å². The minimum atomic E-state index is -0.305. The Balaban J connectivity index is 1.66. The molecule has 1 aliphatic rings. The number of aliphatic hydroxyl groups is 1. The van der Waals surface area contributed by atoms with Crippen molar-refractivity contribution in [3.8, 4) is 0 Å². The molecule has 1 atom stereocenters. The van der Waals surface area contributed by atoms with E-state index in [1.165, 1.54) is 19.3 Å². The molecular weight excluding hydrogens is 260 g/mol. The first kappa shape index (κ1) is 14.8. The molecule has 0 amide bonds. The molecule has 0 unspecified atom stereocenters. The normalized spacial score (nSPS) is 18.4. The maximum atomic E-state index is 10.0. The Labute approximate surface area is 120 Å². The average Bonchev–Trinajstić information content (AvgIpc) is 2.42. The Morgan fingerprint density at radius 1 is 1.21 bits per heavy atom. The number of benzene rings is 1. The fourth-order valence-electron chi connectivity index (χ4n) is 2.52. The predicted molar refractivity (Wildman–Crippen MR) is 79.5 cm³/mol. The summed E-state index contributed by atoms with van der Waals surface area (Å²) in [5.74, 6) is 0. The van der Waals surface area contributed by atoms with Gasteiger partial charge in [0.25, 0.3) is 0 Å². The van der Waals surface area contributed by atoms with Crippen molar-refractivity contribution >= 4 is 11.6 Å². The molecule has 106 valence electrons. The summed E-state index contributed by atoms with van der Waals surface area (Å²) in [6.45, 7) is 4.34. The summed E-state index contributed by atoms with van der Waals surface area (Å²) >= 11 is 6.08. The molecule has 1 heterocycles. The number of likely N-dealkylation sites (tertiary alicyclic amines) is 1. The Morgan fingerprint density at radius 2 is 1.95 bits per heavy atom. The quantitative estimate of drug-likeness (QED) is 0.840. The smallest absolute Gasteiger partial charge is 0.0791 e. The van der Waals surface area contributed by atoms with Crippen LogP contribution in [0.2, 0.25) is 5.02 Å². The van der Waals surface area contributed by atoms with E-state index < -0.39 is 0 Å². The number of β-amino-alcohol motifs (C(OH)–C–C–N with tert-alkyl or cyclic N) is 1. The Hall–Kier alpha value is -0.610. The monoisotopic (exact) mass is 282 g/mol. The fraction of sp³-hybridized carbons (Fsp3) is 0.600. The molecule has 19 heavy (non-hydrogen) atoms. The number of piperidine rings is 1. The molecule has 2 rings (SSSR count). The third kappa shape index (κ3) is 5.11. The van der Waals surface area contributed by atoms with Crippen molar-refractivity contribution in [2.45, 2.75) is 31.9 Å². The first-order valence-corrected chi connectivity index (χ1v) is 7.48. The third-order valence-corrected chi connectivity index (χ3v) is 3.94. The van der Waals surface area contributed by atoms with Gasteiger partial charge in [0.2, 0.25) is 0 Å². The maximum absolute atomic E-state index is 10.0. The molecule has 0 spiro atoms. The molecule has 0 bridgehead atoms. The molecule has 0 aromatic heterocycles. The summed E-state index contributed by atoms with van der Waals surface area (Å²) in [6.07, 6.45) is 3.55. The highest BCUT2D eigenvalue weighted by Gasteiger charge is 2.14. The van der Waals surface area contributed by atoms with Gasteiger partial charge in [-0.05, 0) is 37.6 Å². The van der Waals surface area contributed by atoms with Gasteiger partial charge < -0.3 is 15.3 Å². The summed E-state index contributed by atoms with van der Waals surface area (Å²) in [5.41, 5.74) is 1.08. The lowest BCUT2D eigenvalue weighted by Crippen LogP contribution is -2.40. The number of aliphatic hydroxyl groups excluding tert-OH is 1. The van der Waals surface area contributed by atoms with Gasteiger partial charge in [0.05, 0.1) is 6.10 Å². The van der Waals surface area contributed by atoms with Gasteiger partial charge in [0.1, 0.15) is 0 Å². The van der Waals surface area contributed by atoms with Crippen LogP contribution in [0.3, 0.4) is 0 Å². The van der Waals surface area contributed by atoms with Gasteiger partial charge in [-0.15, -0.1) is 0 Å². The molecular formula is C15H23ClN2O. The molecule has 0 radical (unpaired) electrons. The lowest BCUT2D eigenvalue weighted by atomic mass is 10.1. The summed E-state index contributed by atoms with van der Waals surface area (Å²) < 4.78 is 0. The molecule has 3 nitrogen and oxygen atoms in total. The van der Waals surface area contributed by atoms with Gasteiger partial charge in [0.15, 0.2) is 0 Å². The number of halogens is 1. The van der Waals surface area contributed by atoms with Gasteiger partial charge in [-0.25, -0.2) is 0 Å². The van der Waals surface area contributed by atoms with E-state index in [4.69, 9.17) is 11.6 Å². The van der Waals surface area contributed by atoms with Crippen LogP contribution in [0.5, 0.6) is 0 Å². The average molecular weight is 283 g/mol. The van der Waals surface area contributed by atoms with Crippen molar-refractivity contribution in [2.24, 2.45) is 0 Å². The minimum Gasteiger partial charge on any atom is -0.390 e. The zero-order valence-electron chi connectivity index (χ0n) is 11.3. The summed E-state index contributed by atoms with van der Waals surface area (Å²) in [6, 6.07) is 7.80. The summed E-state index contributed by atoms with van der Waals surface area (Å²) in [5, 5.41) is 14.1. The molecule has 1 aromatic carbocycles. The molecule has 1 aromatic rings. The Bertz CT molecular complexity index is 380. The SMILES string of the molecule is O[C@@H](CNCc1ccccc1Cl)CN1CCCCC1. The van der Waals surface area contributed by atoms with E-state index in [-0.39, 0.29) is 6.10 Å². The molecule has 2 N–H and O–H groups in total. The van der Waals surface area contributed by atoms with E-state index in [1.54, 1.807) is 0 Å². The topological polar surface area (TPSA) is 35.5 Å². The lowest BCUT2D eigenvalue weighted by molar-refractivity contribution is 0.1000. The van der Waals surface area contributed by atoms with Gasteiger partial charge in [0, 0.05) is 24.7 Å². The second kappa shape index (κ2) is 7.85. The van der Waals surface area contributed by atoms with E-state index in [1.807, 2.05) is 24.3 Å². The number of rotatable bonds is 6. The molecule has 1 saturated heterocycles. The van der Waals surface area contributed by atoms with Crippen LogP contribution in [0.4, 0.5) is 0 Å². The van der Waals surface area contributed by atoms with E-state index in [0.717, 1.165) is 30.2 Å². The molecule has 0 aliphatic carbocycles. The van der Waals surface area contributed by atoms with Crippen molar-refractivity contribution in [3.05, 3.63) is 34.9 Å². The van der Waals surface area contributed by atoms with Gasteiger partial charge in [-0.2, -0.15) is 0 Å². The zero-order valence-corrected chi connectivity index (χ0v) is 12.1. The fourth-order valence-corrected chi connectivity index (χ4v) is 2.72. The van der Waals surface area contributed by atoms with Crippen molar-refractivity contribution in [3.63, 3.8) is 0 Å². The van der Waals surface area contributed by atoms with Crippen LogP contribution in [0.25, 0.3) is 0 Å². The van der Waals surface area contributed by atoms with Gasteiger partial charge >= 0.3 is 0 Å². The number of hydrogen-bond acceptors (Lipinski definition) is 3. The lowest BCUT2D eigenvalue weighted by Gasteiger charge is -2.28. The highest BCUT2D eigenvalue weighted by atomic mass is 35.5. The maximum Gasteiger partial charge on any atom is 0.0791 e. The largest absolute Gasteiger partial charge is 0.390 e. The van der Waals surface area contributed by atoms with Gasteiger partial charge in [-0.3, -0.25) is 0 Å². The predicted octanol–water partition coefficient (Wildman–Crippen LogP) is 2.28. The van der Waals surface area contributed by atoms with Crippen molar-refractivity contribution in [2.75, 3.05) is 26.2 Å². The van der Waals surface area contributed by atoms with Crippen LogP contribution in [-0.4, -0.2) is 42.3 Å². The summed E-state index contributed by atoms with van der Waals surface area (Å²) in [7, 11) is 0. The Kier molecular flexibility index (Phi) is 6.11. The van der Waals surface area contributed by atoms with Crippen LogP contribution in [0.15, 0.2) is 24.3 Å². The van der Waals surface area contributed by atoms with Crippen molar-refractivity contribution in [1.29, 1.82) is 0 Å². The number of nitrogens with zero attached hydrogens (tertiary/aromatic N) is 1. The van der Waals surface area contributed by atoms with Crippen molar-refractivity contribution < 1.29 is 5.11 Å². The van der Waals surface area contributed by atoms with Crippen LogP contribution >= 0.6 is 11.6 Å². The van der Waals surface area contributed by atoms with E-state index in [0.29, 0.717) is 13.1 Å².